The number of alkyl halides is 6. The van der Waals surface area contributed by atoms with E-state index in [4.69, 9.17) is 4.74 Å². The zero-order valence-corrected chi connectivity index (χ0v) is 20.4. The Bertz CT molecular complexity index is 1200. The molecule has 0 saturated heterocycles. The molecule has 3 nitrogen and oxygen atoms in total. The Balaban J connectivity index is 1.51. The average Bonchev–Trinajstić information content (AvgIpc) is 3.67. The fraction of sp³-hybridized carbons (Fsp3) is 0.333. The molecule has 0 radical (unpaired) electrons. The number of aliphatic hydroxyl groups excluding tert-OH is 1. The van der Waals surface area contributed by atoms with E-state index in [1.807, 2.05) is 4.90 Å². The summed E-state index contributed by atoms with van der Waals surface area (Å²) in [4.78, 5) is 1.95. The van der Waals surface area contributed by atoms with Crippen LogP contribution in [-0.2, 0) is 19.3 Å². The zero-order valence-electron chi connectivity index (χ0n) is 19.6. The van der Waals surface area contributed by atoms with Gasteiger partial charge in [-0.05, 0) is 78.0 Å². The average molecular weight is 542 g/mol. The Morgan fingerprint density at radius 2 is 1.59 bits per heavy atom. The minimum Gasteiger partial charge on any atom is -0.489 e. The first-order valence-electron chi connectivity index (χ1n) is 11.6. The van der Waals surface area contributed by atoms with Crippen LogP contribution in [0.5, 0.6) is 5.75 Å². The third kappa shape index (κ3) is 8.33. The number of aliphatic hydroxyl groups is 1. The summed E-state index contributed by atoms with van der Waals surface area (Å²) in [6.07, 6.45) is -3.20. The molecule has 0 aliphatic heterocycles. The van der Waals surface area contributed by atoms with E-state index < -0.39 is 23.4 Å². The molecule has 0 bridgehead atoms. The molecule has 1 N–H and O–H groups in total. The highest BCUT2D eigenvalue weighted by molar-refractivity contribution is 8.00. The largest absolute Gasteiger partial charge is 0.489 e. The van der Waals surface area contributed by atoms with Crippen molar-refractivity contribution < 1.29 is 36.2 Å². The second-order valence-electron chi connectivity index (χ2n) is 8.96. The monoisotopic (exact) mass is 541 g/mol. The molecule has 1 fully saturated rings. The summed E-state index contributed by atoms with van der Waals surface area (Å²) in [6, 6.07) is 18.0. The second kappa shape index (κ2) is 11.3. The van der Waals surface area contributed by atoms with E-state index in [1.54, 1.807) is 42.5 Å². The Morgan fingerprint density at radius 3 is 2.30 bits per heavy atom. The number of halogens is 6. The topological polar surface area (TPSA) is 32.7 Å². The van der Waals surface area contributed by atoms with Gasteiger partial charge >= 0.3 is 11.7 Å². The van der Waals surface area contributed by atoms with Crippen molar-refractivity contribution >= 4 is 17.4 Å². The van der Waals surface area contributed by atoms with Crippen LogP contribution < -0.4 is 9.64 Å². The lowest BCUT2D eigenvalue weighted by molar-refractivity contribution is -0.137. The summed E-state index contributed by atoms with van der Waals surface area (Å²) in [5.74, 6) is 0.608. The van der Waals surface area contributed by atoms with Gasteiger partial charge < -0.3 is 14.7 Å². The lowest BCUT2D eigenvalue weighted by Gasteiger charge is -2.28. The maximum absolute atomic E-state index is 13.0. The predicted octanol–water partition coefficient (Wildman–Crippen LogP) is 7.67. The van der Waals surface area contributed by atoms with Gasteiger partial charge in [-0.1, -0.05) is 30.3 Å². The maximum atomic E-state index is 13.0. The van der Waals surface area contributed by atoms with E-state index in [9.17, 15) is 31.4 Å². The highest BCUT2D eigenvalue weighted by atomic mass is 32.2. The van der Waals surface area contributed by atoms with E-state index >= 15 is 0 Å². The van der Waals surface area contributed by atoms with Crippen molar-refractivity contribution in [3.63, 3.8) is 0 Å². The van der Waals surface area contributed by atoms with E-state index in [-0.39, 0.29) is 42.3 Å². The molecule has 198 valence electrons. The fourth-order valence-electron chi connectivity index (χ4n) is 3.95. The molecule has 1 saturated carbocycles. The molecule has 37 heavy (non-hydrogen) atoms. The Labute approximate surface area is 215 Å². The summed E-state index contributed by atoms with van der Waals surface area (Å²) in [6.45, 7) is 0.459. The molecule has 1 aliphatic rings. The first kappa shape index (κ1) is 27.2. The van der Waals surface area contributed by atoms with Crippen molar-refractivity contribution in [1.82, 2.24) is 0 Å². The maximum Gasteiger partial charge on any atom is 0.446 e. The van der Waals surface area contributed by atoms with Crippen molar-refractivity contribution in [2.24, 2.45) is 5.92 Å². The molecule has 0 amide bonds. The third-order valence-electron chi connectivity index (χ3n) is 5.92. The van der Waals surface area contributed by atoms with Crippen LogP contribution in [-0.4, -0.2) is 23.3 Å². The summed E-state index contributed by atoms with van der Waals surface area (Å²) >= 11 is -0.182. The molecular weight excluding hydrogens is 516 g/mol. The molecule has 10 heteroatoms. The second-order valence-corrected chi connectivity index (χ2v) is 10.1. The van der Waals surface area contributed by atoms with Crippen molar-refractivity contribution in [2.45, 2.75) is 48.7 Å². The normalized spacial score (nSPS) is 14.9. The van der Waals surface area contributed by atoms with E-state index in [1.165, 1.54) is 18.2 Å². The van der Waals surface area contributed by atoms with Crippen LogP contribution in [0.15, 0.2) is 77.7 Å². The number of nitrogens with zero attached hydrogens (tertiary/aromatic N) is 1. The van der Waals surface area contributed by atoms with Gasteiger partial charge in [0.25, 0.3) is 0 Å². The molecular formula is C27H25F6NO2S. The van der Waals surface area contributed by atoms with Crippen LogP contribution in [0.1, 0.15) is 29.5 Å². The van der Waals surface area contributed by atoms with Crippen molar-refractivity contribution in [3.05, 3.63) is 89.5 Å². The van der Waals surface area contributed by atoms with E-state index in [0.717, 1.165) is 25.0 Å². The van der Waals surface area contributed by atoms with Crippen LogP contribution >= 0.6 is 11.8 Å². The number of rotatable bonds is 10. The number of thioether (sulfide) groups is 1. The zero-order chi connectivity index (χ0) is 26.6. The number of ether oxygens (including phenoxy) is 1. The van der Waals surface area contributed by atoms with Crippen molar-refractivity contribution in [3.8, 4) is 5.75 Å². The molecule has 0 heterocycles. The van der Waals surface area contributed by atoms with Crippen LogP contribution in [0.2, 0.25) is 0 Å². The minimum atomic E-state index is -4.45. The van der Waals surface area contributed by atoms with Gasteiger partial charge in [0.05, 0.1) is 11.7 Å². The van der Waals surface area contributed by atoms with E-state index in [2.05, 4.69) is 0 Å². The standard InChI is InChI=1S/C27H25F6NO2S/c28-26(29,30)21-6-1-5-19(12-21)17-36-23-8-3-7-22(14-23)34(16-25(35)20-10-11-20)15-18-4-2-9-24(13-18)37-27(31,32)33/h1-9,12-14,20,25,35H,10-11,15-17H2. The Kier molecular flexibility index (Phi) is 8.28. The van der Waals surface area contributed by atoms with E-state index in [0.29, 0.717) is 22.6 Å². The van der Waals surface area contributed by atoms with Gasteiger partial charge in [0, 0.05) is 29.7 Å². The lowest BCUT2D eigenvalue weighted by Crippen LogP contribution is -2.33. The van der Waals surface area contributed by atoms with Gasteiger partial charge in [-0.15, -0.1) is 0 Å². The number of benzene rings is 3. The van der Waals surface area contributed by atoms with Crippen LogP contribution in [0.25, 0.3) is 0 Å². The lowest BCUT2D eigenvalue weighted by atomic mass is 10.1. The highest BCUT2D eigenvalue weighted by Crippen LogP contribution is 2.38. The molecule has 0 aromatic heterocycles. The SMILES string of the molecule is OC(CN(Cc1cccc(SC(F)(F)F)c1)c1cccc(OCc2cccc(C(F)(F)F)c2)c1)C1CC1. The number of hydrogen-bond acceptors (Lipinski definition) is 4. The first-order valence-corrected chi connectivity index (χ1v) is 12.4. The third-order valence-corrected chi connectivity index (χ3v) is 6.64. The minimum absolute atomic E-state index is 0.0746. The van der Waals surface area contributed by atoms with Gasteiger partial charge in [0.15, 0.2) is 0 Å². The first-order chi connectivity index (χ1) is 17.5. The number of hydrogen-bond donors (Lipinski definition) is 1. The van der Waals surface area contributed by atoms with Gasteiger partial charge in [0.1, 0.15) is 12.4 Å². The molecule has 1 aliphatic carbocycles. The fourth-order valence-corrected chi connectivity index (χ4v) is 4.58. The quantitative estimate of drug-likeness (QED) is 0.211. The molecule has 1 unspecified atom stereocenters. The molecule has 0 spiro atoms. The van der Waals surface area contributed by atoms with Gasteiger partial charge in [-0.3, -0.25) is 0 Å². The Morgan fingerprint density at radius 1 is 0.892 bits per heavy atom. The van der Waals surface area contributed by atoms with Crippen molar-refractivity contribution in [2.75, 3.05) is 11.4 Å². The Hall–Kier alpha value is -2.85. The smallest absolute Gasteiger partial charge is 0.446 e. The summed E-state index contributed by atoms with van der Waals surface area (Å²) in [5, 5.41) is 10.6. The molecule has 3 aromatic rings. The number of anilines is 1. The summed E-state index contributed by atoms with van der Waals surface area (Å²) < 4.78 is 83.3. The van der Waals surface area contributed by atoms with Gasteiger partial charge in [-0.2, -0.15) is 26.3 Å². The molecule has 1 atom stereocenters. The highest BCUT2D eigenvalue weighted by Gasteiger charge is 2.32. The van der Waals surface area contributed by atoms with Crippen LogP contribution in [0.3, 0.4) is 0 Å². The van der Waals surface area contributed by atoms with Crippen LogP contribution in [0.4, 0.5) is 32.0 Å². The molecule has 4 rings (SSSR count). The van der Waals surface area contributed by atoms with Gasteiger partial charge in [0.2, 0.25) is 0 Å². The van der Waals surface area contributed by atoms with Crippen molar-refractivity contribution in [1.29, 1.82) is 0 Å². The molecule has 3 aromatic carbocycles. The summed E-state index contributed by atoms with van der Waals surface area (Å²) in [5.41, 5.74) is -3.47. The predicted molar refractivity (Wildman–Crippen MR) is 130 cm³/mol. The summed E-state index contributed by atoms with van der Waals surface area (Å²) in [7, 11) is 0. The van der Waals surface area contributed by atoms with Crippen LogP contribution in [0, 0.1) is 5.92 Å². The van der Waals surface area contributed by atoms with Gasteiger partial charge in [-0.25, -0.2) is 0 Å².